The number of halogens is 3. The highest BCUT2D eigenvalue weighted by atomic mass is 32.2. The van der Waals surface area contributed by atoms with Gasteiger partial charge < -0.3 is 4.90 Å². The summed E-state index contributed by atoms with van der Waals surface area (Å²) in [5.41, 5.74) is -0.703. The Morgan fingerprint density at radius 3 is 2.40 bits per heavy atom. The number of hydrogen-bond acceptors (Lipinski definition) is 3. The lowest BCUT2D eigenvalue weighted by molar-refractivity contribution is -0.139. The average molecular weight is 366 g/mol. The summed E-state index contributed by atoms with van der Waals surface area (Å²) in [6.45, 7) is 4.35. The first-order valence-corrected chi connectivity index (χ1v) is 8.60. The Morgan fingerprint density at radius 2 is 1.76 bits per heavy atom. The van der Waals surface area contributed by atoms with Gasteiger partial charge in [0.2, 0.25) is 0 Å². The molecule has 0 fully saturated rings. The molecule has 0 amide bonds. The smallest absolute Gasteiger partial charge is 0.341 e. The highest BCUT2D eigenvalue weighted by Crippen LogP contribution is 2.44. The van der Waals surface area contributed by atoms with Crippen LogP contribution in [-0.2, 0) is 12.7 Å². The van der Waals surface area contributed by atoms with Gasteiger partial charge in [-0.1, -0.05) is 42.1 Å². The maximum absolute atomic E-state index is 13.1. The molecule has 3 nitrogen and oxygen atoms in total. The van der Waals surface area contributed by atoms with Crippen molar-refractivity contribution in [2.75, 3.05) is 0 Å². The number of benzene rings is 1. The van der Waals surface area contributed by atoms with Crippen molar-refractivity contribution >= 4 is 11.8 Å². The lowest BCUT2D eigenvalue weighted by Crippen LogP contribution is -2.35. The topological polar surface area (TPSA) is 25.2 Å². The van der Waals surface area contributed by atoms with Gasteiger partial charge in [-0.3, -0.25) is 9.36 Å². The van der Waals surface area contributed by atoms with Crippen molar-refractivity contribution < 1.29 is 13.2 Å². The zero-order valence-corrected chi connectivity index (χ0v) is 14.6. The first-order chi connectivity index (χ1) is 11.8. The average Bonchev–Trinajstić information content (AvgIpc) is 2.83. The van der Waals surface area contributed by atoms with E-state index in [1.54, 1.807) is 0 Å². The van der Waals surface area contributed by atoms with Crippen molar-refractivity contribution in [2.24, 2.45) is 0 Å². The number of hydrogen-bond donors (Lipinski definition) is 0. The number of pyridine rings is 1. The summed E-state index contributed by atoms with van der Waals surface area (Å²) in [6, 6.07) is 11.7. The van der Waals surface area contributed by atoms with Crippen molar-refractivity contribution in [3.63, 3.8) is 0 Å². The SMILES string of the molecule is CC1=C(C)N(Cc2ccccc2)C(n2cccc(C(F)(F)F)c2=O)S1. The second-order valence-electron chi connectivity index (χ2n) is 5.83. The monoisotopic (exact) mass is 366 g/mol. The van der Waals surface area contributed by atoms with Gasteiger partial charge in [0.1, 0.15) is 5.56 Å². The maximum atomic E-state index is 13.1. The fourth-order valence-corrected chi connectivity index (χ4v) is 4.00. The van der Waals surface area contributed by atoms with Gasteiger partial charge in [0.25, 0.3) is 5.56 Å². The fourth-order valence-electron chi connectivity index (χ4n) is 2.76. The van der Waals surface area contributed by atoms with Gasteiger partial charge in [0, 0.05) is 23.3 Å². The highest BCUT2D eigenvalue weighted by Gasteiger charge is 2.37. The predicted octanol–water partition coefficient (Wildman–Crippen LogP) is 4.82. The van der Waals surface area contributed by atoms with E-state index < -0.39 is 22.8 Å². The van der Waals surface area contributed by atoms with Crippen LogP contribution in [0.2, 0.25) is 0 Å². The quantitative estimate of drug-likeness (QED) is 0.778. The molecule has 0 radical (unpaired) electrons. The summed E-state index contributed by atoms with van der Waals surface area (Å²) < 4.78 is 40.4. The molecular formula is C18H17F3N2OS. The molecule has 1 aliphatic rings. The summed E-state index contributed by atoms with van der Waals surface area (Å²) in [6.07, 6.45) is -3.25. The van der Waals surface area contributed by atoms with Crippen LogP contribution in [0.3, 0.4) is 0 Å². The van der Waals surface area contributed by atoms with Crippen LogP contribution in [0.25, 0.3) is 0 Å². The Morgan fingerprint density at radius 1 is 1.08 bits per heavy atom. The standard InChI is InChI=1S/C18H17F3N2OS/c1-12-13(2)25-17(23(12)11-14-7-4-3-5-8-14)22-10-6-9-15(16(22)24)18(19,20)21/h3-10,17H,11H2,1-2H3. The molecule has 1 aromatic carbocycles. The number of aromatic nitrogens is 1. The molecule has 2 aromatic rings. The Balaban J connectivity index is 2.00. The summed E-state index contributed by atoms with van der Waals surface area (Å²) in [5.74, 6) is 0. The summed E-state index contributed by atoms with van der Waals surface area (Å²) in [7, 11) is 0. The molecule has 3 rings (SSSR count). The van der Waals surface area contributed by atoms with Crippen molar-refractivity contribution in [3.05, 3.63) is 80.7 Å². The van der Waals surface area contributed by atoms with Crippen LogP contribution in [0.1, 0.15) is 30.5 Å². The van der Waals surface area contributed by atoms with E-state index in [4.69, 9.17) is 0 Å². The van der Waals surface area contributed by atoms with Gasteiger partial charge in [0.15, 0.2) is 5.50 Å². The second kappa shape index (κ2) is 6.63. The largest absolute Gasteiger partial charge is 0.421 e. The van der Waals surface area contributed by atoms with Gasteiger partial charge in [0.05, 0.1) is 0 Å². The van der Waals surface area contributed by atoms with Gasteiger partial charge >= 0.3 is 6.18 Å². The predicted molar refractivity (Wildman–Crippen MR) is 92.7 cm³/mol. The van der Waals surface area contributed by atoms with E-state index in [0.29, 0.717) is 6.54 Å². The molecule has 0 saturated heterocycles. The van der Waals surface area contributed by atoms with Crippen LogP contribution in [-0.4, -0.2) is 9.47 Å². The number of nitrogens with zero attached hydrogens (tertiary/aromatic N) is 2. The number of rotatable bonds is 3. The molecule has 132 valence electrons. The number of thioether (sulfide) groups is 1. The Hall–Kier alpha value is -2.15. The lowest BCUT2D eigenvalue weighted by Gasteiger charge is -2.29. The van der Waals surface area contributed by atoms with Crippen molar-refractivity contribution in [2.45, 2.75) is 32.1 Å². The first-order valence-electron chi connectivity index (χ1n) is 7.72. The van der Waals surface area contributed by atoms with Crippen LogP contribution in [0.5, 0.6) is 0 Å². The van der Waals surface area contributed by atoms with E-state index in [0.717, 1.165) is 26.8 Å². The van der Waals surface area contributed by atoms with E-state index in [2.05, 4.69) is 0 Å². The summed E-state index contributed by atoms with van der Waals surface area (Å²) in [5, 5.41) is 0. The minimum absolute atomic E-state index is 0.518. The van der Waals surface area contributed by atoms with E-state index >= 15 is 0 Å². The normalized spacial score (nSPS) is 18.1. The number of alkyl halides is 3. The van der Waals surface area contributed by atoms with Gasteiger partial charge in [-0.25, -0.2) is 0 Å². The molecule has 1 unspecified atom stereocenters. The molecule has 0 spiro atoms. The van der Waals surface area contributed by atoms with E-state index in [1.165, 1.54) is 24.0 Å². The zero-order chi connectivity index (χ0) is 18.2. The molecule has 1 aliphatic heterocycles. The van der Waals surface area contributed by atoms with E-state index in [-0.39, 0.29) is 0 Å². The van der Waals surface area contributed by atoms with E-state index in [1.807, 2.05) is 49.1 Å². The molecule has 7 heteroatoms. The van der Waals surface area contributed by atoms with Crippen LogP contribution in [0.4, 0.5) is 13.2 Å². The van der Waals surface area contributed by atoms with Gasteiger partial charge in [-0.05, 0) is 31.5 Å². The summed E-state index contributed by atoms with van der Waals surface area (Å²) in [4.78, 5) is 15.3. The zero-order valence-electron chi connectivity index (χ0n) is 13.7. The van der Waals surface area contributed by atoms with Crippen LogP contribution < -0.4 is 5.56 Å². The third kappa shape index (κ3) is 3.46. The van der Waals surface area contributed by atoms with Crippen LogP contribution >= 0.6 is 11.8 Å². The van der Waals surface area contributed by atoms with Crippen LogP contribution in [0, 0.1) is 0 Å². The van der Waals surface area contributed by atoms with Crippen LogP contribution in [0.15, 0.2) is 64.1 Å². The Labute approximate surface area is 147 Å². The molecule has 1 atom stereocenters. The molecular weight excluding hydrogens is 349 g/mol. The lowest BCUT2D eigenvalue weighted by atomic mass is 10.2. The minimum atomic E-state index is -4.66. The van der Waals surface area contributed by atoms with E-state index in [9.17, 15) is 18.0 Å². The van der Waals surface area contributed by atoms with Gasteiger partial charge in [-0.2, -0.15) is 13.2 Å². The molecule has 1 aromatic heterocycles. The molecule has 25 heavy (non-hydrogen) atoms. The highest BCUT2D eigenvalue weighted by molar-refractivity contribution is 8.03. The molecule has 2 heterocycles. The molecule has 0 saturated carbocycles. The Kier molecular flexibility index (Phi) is 4.69. The molecule has 0 bridgehead atoms. The van der Waals surface area contributed by atoms with Crippen molar-refractivity contribution in [3.8, 4) is 0 Å². The van der Waals surface area contributed by atoms with Gasteiger partial charge in [-0.15, -0.1) is 0 Å². The molecule has 0 aliphatic carbocycles. The van der Waals surface area contributed by atoms with Crippen molar-refractivity contribution in [1.29, 1.82) is 0 Å². The third-order valence-corrected chi connectivity index (χ3v) is 5.54. The second-order valence-corrected chi connectivity index (χ2v) is 7.10. The molecule has 0 N–H and O–H groups in total. The Bertz CT molecular complexity index is 859. The fraction of sp³-hybridized carbons (Fsp3) is 0.278. The first kappa shape index (κ1) is 17.7. The minimum Gasteiger partial charge on any atom is -0.341 e. The third-order valence-electron chi connectivity index (χ3n) is 4.20. The number of allylic oxidation sites excluding steroid dienone is 2. The maximum Gasteiger partial charge on any atom is 0.421 e. The summed E-state index contributed by atoms with van der Waals surface area (Å²) >= 11 is 1.39. The van der Waals surface area contributed by atoms with Crippen molar-refractivity contribution in [1.82, 2.24) is 9.47 Å².